The number of nitrogens with one attached hydrogen (secondary N) is 2. The number of rotatable bonds is 4. The molecule has 0 atom stereocenters. The molecule has 6 heteroatoms. The maximum atomic E-state index is 11.7. The second-order valence-corrected chi connectivity index (χ2v) is 6.09. The molecule has 0 unspecified atom stereocenters. The lowest BCUT2D eigenvalue weighted by molar-refractivity contribution is 0.0512. The number of carbonyl (C=O) groups excluding carboxylic acids is 1. The summed E-state index contributed by atoms with van der Waals surface area (Å²) in [7, 11) is 0. The normalized spacial score (nSPS) is 15.3. The first-order chi connectivity index (χ1) is 11.3. The van der Waals surface area contributed by atoms with Gasteiger partial charge in [0.1, 0.15) is 0 Å². The molecule has 0 amide bonds. The summed E-state index contributed by atoms with van der Waals surface area (Å²) in [4.78, 5) is 15.9. The molecule has 23 heavy (non-hydrogen) atoms. The van der Waals surface area contributed by atoms with Crippen LogP contribution >= 0.6 is 0 Å². The number of benzene rings is 1. The number of carbonyl (C=O) groups is 1. The molecule has 2 aromatic rings. The molecular formula is C17H20N4O2. The molecule has 1 aromatic carbocycles. The number of hydrogen-bond acceptors (Lipinski definition) is 5. The van der Waals surface area contributed by atoms with Gasteiger partial charge in [0.2, 0.25) is 11.8 Å². The highest BCUT2D eigenvalue weighted by Crippen LogP contribution is 2.39. The van der Waals surface area contributed by atoms with Crippen molar-refractivity contribution < 1.29 is 9.53 Å². The van der Waals surface area contributed by atoms with Gasteiger partial charge < -0.3 is 10.1 Å². The van der Waals surface area contributed by atoms with Crippen molar-refractivity contribution in [2.24, 2.45) is 0 Å². The van der Waals surface area contributed by atoms with Crippen LogP contribution < -0.4 is 5.32 Å². The Morgan fingerprint density at radius 2 is 1.91 bits per heavy atom. The van der Waals surface area contributed by atoms with E-state index < -0.39 is 5.97 Å². The molecule has 2 aliphatic rings. The van der Waals surface area contributed by atoms with E-state index in [4.69, 9.17) is 4.74 Å². The number of ether oxygens (including phenoxy) is 1. The Balaban J connectivity index is 1.66. The molecule has 1 heterocycles. The second kappa shape index (κ2) is 5.68. The zero-order valence-electron chi connectivity index (χ0n) is 13.2. The van der Waals surface area contributed by atoms with E-state index in [1.54, 1.807) is 6.92 Å². The summed E-state index contributed by atoms with van der Waals surface area (Å²) in [6.45, 7) is 2.09. The Hall–Kier alpha value is -2.37. The van der Waals surface area contributed by atoms with E-state index in [1.165, 1.54) is 40.8 Å². The van der Waals surface area contributed by atoms with Crippen molar-refractivity contribution in [1.82, 2.24) is 15.2 Å². The Kier molecular flexibility index (Phi) is 3.52. The molecule has 0 fully saturated rings. The summed E-state index contributed by atoms with van der Waals surface area (Å²) in [6, 6.07) is 2.39. The van der Waals surface area contributed by atoms with Crippen molar-refractivity contribution in [3.8, 4) is 0 Å². The van der Waals surface area contributed by atoms with Crippen molar-refractivity contribution in [1.29, 1.82) is 0 Å². The third kappa shape index (κ3) is 2.48. The summed E-state index contributed by atoms with van der Waals surface area (Å²) >= 11 is 0. The van der Waals surface area contributed by atoms with Crippen LogP contribution in [0.15, 0.2) is 6.07 Å². The second-order valence-electron chi connectivity index (χ2n) is 6.09. The number of aryl methyl sites for hydroxylation is 2. The molecule has 1 aromatic heterocycles. The highest BCUT2D eigenvalue weighted by Gasteiger charge is 2.25. The number of fused-ring (bicyclic) bond motifs is 2. The zero-order valence-corrected chi connectivity index (χ0v) is 13.2. The van der Waals surface area contributed by atoms with Crippen LogP contribution in [0.25, 0.3) is 0 Å². The third-order valence-corrected chi connectivity index (χ3v) is 4.66. The average molecular weight is 312 g/mol. The van der Waals surface area contributed by atoms with Gasteiger partial charge in [-0.1, -0.05) is 6.07 Å². The predicted octanol–water partition coefficient (Wildman–Crippen LogP) is 2.70. The quantitative estimate of drug-likeness (QED) is 0.849. The summed E-state index contributed by atoms with van der Waals surface area (Å²) in [6.07, 6.45) is 6.91. The van der Waals surface area contributed by atoms with E-state index in [0.717, 1.165) is 25.7 Å². The molecule has 0 aliphatic heterocycles. The number of nitrogens with zero attached hydrogens (tertiary/aromatic N) is 2. The smallest absolute Gasteiger partial charge is 0.375 e. The van der Waals surface area contributed by atoms with Crippen LogP contribution in [0.1, 0.15) is 52.6 Å². The van der Waals surface area contributed by atoms with E-state index in [2.05, 4.69) is 26.6 Å². The molecule has 2 N–H and O–H groups in total. The zero-order chi connectivity index (χ0) is 15.8. The molecule has 2 aliphatic carbocycles. The molecule has 0 radical (unpaired) electrons. The molecule has 0 spiro atoms. The Morgan fingerprint density at radius 3 is 2.57 bits per heavy atom. The first-order valence-corrected chi connectivity index (χ1v) is 8.29. The van der Waals surface area contributed by atoms with Crippen LogP contribution in [0, 0.1) is 0 Å². The van der Waals surface area contributed by atoms with Gasteiger partial charge in [-0.05, 0) is 67.7 Å². The van der Waals surface area contributed by atoms with Gasteiger partial charge in [0.25, 0.3) is 0 Å². The average Bonchev–Trinajstić information content (AvgIpc) is 3.26. The van der Waals surface area contributed by atoms with Gasteiger partial charge in [-0.2, -0.15) is 4.98 Å². The van der Waals surface area contributed by atoms with Crippen molar-refractivity contribution >= 4 is 17.6 Å². The van der Waals surface area contributed by atoms with Crippen molar-refractivity contribution in [3.05, 3.63) is 34.1 Å². The van der Waals surface area contributed by atoms with Crippen LogP contribution in [-0.4, -0.2) is 27.8 Å². The Labute approximate surface area is 134 Å². The van der Waals surface area contributed by atoms with Crippen LogP contribution in [0.5, 0.6) is 0 Å². The summed E-state index contributed by atoms with van der Waals surface area (Å²) < 4.78 is 4.94. The van der Waals surface area contributed by atoms with Gasteiger partial charge in [0.05, 0.1) is 6.61 Å². The van der Waals surface area contributed by atoms with Crippen LogP contribution in [0.2, 0.25) is 0 Å². The lowest BCUT2D eigenvalue weighted by Gasteiger charge is -2.15. The number of aromatic nitrogens is 3. The van der Waals surface area contributed by atoms with E-state index in [0.29, 0.717) is 12.6 Å². The van der Waals surface area contributed by atoms with Crippen molar-refractivity contribution in [3.63, 3.8) is 0 Å². The molecule has 0 saturated carbocycles. The van der Waals surface area contributed by atoms with Gasteiger partial charge in [0.15, 0.2) is 0 Å². The van der Waals surface area contributed by atoms with E-state index in [1.807, 2.05) is 0 Å². The molecule has 0 saturated heterocycles. The van der Waals surface area contributed by atoms with Gasteiger partial charge in [-0.25, -0.2) is 4.79 Å². The SMILES string of the molecule is CCOC(=O)c1nc(Nc2c3c(cc4c2CCC4)CCC3)n[nH]1. The molecule has 4 rings (SSSR count). The first kappa shape index (κ1) is 14.2. The van der Waals surface area contributed by atoms with Gasteiger partial charge >= 0.3 is 5.97 Å². The van der Waals surface area contributed by atoms with Gasteiger partial charge in [0, 0.05) is 5.69 Å². The Morgan fingerprint density at radius 1 is 1.22 bits per heavy atom. The highest BCUT2D eigenvalue weighted by atomic mass is 16.5. The summed E-state index contributed by atoms with van der Waals surface area (Å²) in [5.41, 5.74) is 6.87. The molecular weight excluding hydrogens is 292 g/mol. The summed E-state index contributed by atoms with van der Waals surface area (Å²) in [5.74, 6) is 0.0950. The lowest BCUT2D eigenvalue weighted by atomic mass is 9.99. The number of esters is 1. The number of aromatic amines is 1. The van der Waals surface area contributed by atoms with Crippen LogP contribution in [-0.2, 0) is 30.4 Å². The molecule has 120 valence electrons. The molecule has 0 bridgehead atoms. The fourth-order valence-electron chi connectivity index (χ4n) is 3.69. The maximum Gasteiger partial charge on any atom is 0.375 e. The largest absolute Gasteiger partial charge is 0.460 e. The minimum absolute atomic E-state index is 0.138. The standard InChI is InChI=1S/C17H20N4O2/c1-2-23-16(22)15-19-17(21-20-15)18-14-12-7-3-5-10(12)9-11-6-4-8-13(11)14/h9H,2-8H2,1H3,(H2,18,19,20,21). The predicted molar refractivity (Wildman–Crippen MR) is 86.1 cm³/mol. The minimum atomic E-state index is -0.475. The fraction of sp³-hybridized carbons (Fsp3) is 0.471. The number of H-pyrrole nitrogens is 1. The van der Waals surface area contributed by atoms with Crippen LogP contribution in [0.4, 0.5) is 11.6 Å². The summed E-state index contributed by atoms with van der Waals surface area (Å²) in [5, 5.41) is 10.1. The van der Waals surface area contributed by atoms with Gasteiger partial charge in [-0.3, -0.25) is 5.10 Å². The number of hydrogen-bond donors (Lipinski definition) is 2. The minimum Gasteiger partial charge on any atom is -0.460 e. The molecule has 6 nitrogen and oxygen atoms in total. The van der Waals surface area contributed by atoms with Gasteiger partial charge in [-0.15, -0.1) is 5.10 Å². The van der Waals surface area contributed by atoms with Crippen molar-refractivity contribution in [2.75, 3.05) is 11.9 Å². The topological polar surface area (TPSA) is 79.9 Å². The lowest BCUT2D eigenvalue weighted by Crippen LogP contribution is -2.07. The van der Waals surface area contributed by atoms with Crippen LogP contribution in [0.3, 0.4) is 0 Å². The Bertz CT molecular complexity index is 734. The maximum absolute atomic E-state index is 11.7. The van der Waals surface area contributed by atoms with Crippen molar-refractivity contribution in [2.45, 2.75) is 45.4 Å². The third-order valence-electron chi connectivity index (χ3n) is 4.66. The van der Waals surface area contributed by atoms with E-state index in [9.17, 15) is 4.79 Å². The highest BCUT2D eigenvalue weighted by molar-refractivity contribution is 5.85. The van der Waals surface area contributed by atoms with E-state index >= 15 is 0 Å². The fourth-order valence-corrected chi connectivity index (χ4v) is 3.69. The monoisotopic (exact) mass is 312 g/mol. The first-order valence-electron chi connectivity index (χ1n) is 8.29. The number of anilines is 2. The van der Waals surface area contributed by atoms with E-state index in [-0.39, 0.29) is 5.82 Å².